The summed E-state index contributed by atoms with van der Waals surface area (Å²) in [7, 11) is 0. The molecule has 0 saturated carbocycles. The second-order valence-electron chi connectivity index (χ2n) is 7.71. The number of carbonyl (C=O) groups excluding carboxylic acids is 1. The van der Waals surface area contributed by atoms with E-state index in [2.05, 4.69) is 10.1 Å². The van der Waals surface area contributed by atoms with Crippen LogP contribution in [0.4, 0.5) is 10.3 Å². The molecule has 12 heteroatoms. The number of aliphatic hydroxyl groups is 1. The number of hydrogen-bond acceptors (Lipinski definition) is 8. The molecule has 0 aliphatic carbocycles. The monoisotopic (exact) mass is 509 g/mol. The Morgan fingerprint density at radius 1 is 1.24 bits per heavy atom. The average molecular weight is 510 g/mol. The highest BCUT2D eigenvalue weighted by Crippen LogP contribution is 2.33. The molecule has 1 aromatic heterocycles. The summed E-state index contributed by atoms with van der Waals surface area (Å²) in [6.07, 6.45) is 0. The Bertz CT molecular complexity index is 1170. The quantitative estimate of drug-likeness (QED) is 0.499. The standard InChI is InChI=1S/C22H22Cl2FN5O4/c23-14-3-1-2-13(8-14)21(32)29-4-6-30(7-5-29)22-27-20(34-28-22)16-9-18(25)19(10-17(16)24)33-12-15(26)11-31/h1-3,8-10,15,31H,4-7,11-12,26H2/t15-/m1/s1. The number of nitrogens with zero attached hydrogens (tertiary/aromatic N) is 4. The molecule has 0 spiro atoms. The Hall–Kier alpha value is -2.92. The minimum absolute atomic E-state index is 0.0509. The van der Waals surface area contributed by atoms with Gasteiger partial charge in [0, 0.05) is 42.8 Å². The maximum Gasteiger partial charge on any atom is 0.266 e. The van der Waals surface area contributed by atoms with Crippen molar-refractivity contribution < 1.29 is 23.6 Å². The highest BCUT2D eigenvalue weighted by Gasteiger charge is 2.26. The van der Waals surface area contributed by atoms with Gasteiger partial charge in [0.25, 0.3) is 17.7 Å². The van der Waals surface area contributed by atoms with Gasteiger partial charge in [-0.3, -0.25) is 4.79 Å². The van der Waals surface area contributed by atoms with Crippen LogP contribution in [0.25, 0.3) is 11.5 Å². The number of ether oxygens (including phenoxy) is 1. The maximum atomic E-state index is 14.5. The first kappa shape index (κ1) is 24.2. The molecule has 34 heavy (non-hydrogen) atoms. The van der Waals surface area contributed by atoms with Crippen LogP contribution in [-0.4, -0.2) is 71.5 Å². The summed E-state index contributed by atoms with van der Waals surface area (Å²) in [5.41, 5.74) is 6.32. The van der Waals surface area contributed by atoms with Crippen molar-refractivity contribution in [2.75, 3.05) is 44.3 Å². The van der Waals surface area contributed by atoms with Crippen LogP contribution in [0.1, 0.15) is 10.4 Å². The van der Waals surface area contributed by atoms with Crippen LogP contribution in [-0.2, 0) is 0 Å². The van der Waals surface area contributed by atoms with Crippen LogP contribution >= 0.6 is 23.2 Å². The molecule has 1 amide bonds. The predicted octanol–water partition coefficient (Wildman–Crippen LogP) is 2.84. The first-order valence-corrected chi connectivity index (χ1v) is 11.2. The molecular weight excluding hydrogens is 488 g/mol. The minimum atomic E-state index is -0.683. The fourth-order valence-electron chi connectivity index (χ4n) is 3.42. The van der Waals surface area contributed by atoms with E-state index in [4.69, 9.17) is 43.3 Å². The topological polar surface area (TPSA) is 118 Å². The van der Waals surface area contributed by atoms with Gasteiger partial charge in [0.05, 0.1) is 23.2 Å². The zero-order chi connectivity index (χ0) is 24.2. The number of rotatable bonds is 7. The van der Waals surface area contributed by atoms with E-state index in [0.29, 0.717) is 42.7 Å². The van der Waals surface area contributed by atoms with Crippen LogP contribution in [0.3, 0.4) is 0 Å². The van der Waals surface area contributed by atoms with Gasteiger partial charge in [0.15, 0.2) is 11.6 Å². The molecule has 2 aromatic carbocycles. The number of benzene rings is 2. The highest BCUT2D eigenvalue weighted by atomic mass is 35.5. The largest absolute Gasteiger partial charge is 0.489 e. The van der Waals surface area contributed by atoms with E-state index in [1.165, 1.54) is 6.07 Å². The van der Waals surface area contributed by atoms with Crippen molar-refractivity contribution in [1.29, 1.82) is 0 Å². The van der Waals surface area contributed by atoms with E-state index in [0.717, 1.165) is 6.07 Å². The zero-order valence-corrected chi connectivity index (χ0v) is 19.5. The van der Waals surface area contributed by atoms with Crippen molar-refractivity contribution in [3.05, 3.63) is 57.8 Å². The van der Waals surface area contributed by atoms with E-state index < -0.39 is 11.9 Å². The lowest BCUT2D eigenvalue weighted by molar-refractivity contribution is 0.0746. The molecule has 1 aliphatic rings. The summed E-state index contributed by atoms with van der Waals surface area (Å²) in [4.78, 5) is 20.6. The molecule has 0 radical (unpaired) electrons. The number of amides is 1. The van der Waals surface area contributed by atoms with E-state index in [1.807, 2.05) is 4.90 Å². The molecule has 4 rings (SSSR count). The molecule has 3 N–H and O–H groups in total. The van der Waals surface area contributed by atoms with Gasteiger partial charge in [-0.05, 0) is 29.4 Å². The van der Waals surface area contributed by atoms with Crippen LogP contribution in [0.5, 0.6) is 5.75 Å². The number of nitrogens with two attached hydrogens (primary N) is 1. The third kappa shape index (κ3) is 5.41. The molecule has 0 unspecified atom stereocenters. The summed E-state index contributed by atoms with van der Waals surface area (Å²) in [5.74, 6) is -0.513. The average Bonchev–Trinajstić information content (AvgIpc) is 3.33. The van der Waals surface area contributed by atoms with Crippen LogP contribution in [0, 0.1) is 5.82 Å². The number of halogens is 3. The third-order valence-electron chi connectivity index (χ3n) is 5.28. The van der Waals surface area contributed by atoms with Crippen molar-refractivity contribution in [3.8, 4) is 17.2 Å². The van der Waals surface area contributed by atoms with Gasteiger partial charge in [-0.25, -0.2) is 4.39 Å². The number of aliphatic hydroxyl groups excluding tert-OH is 1. The first-order valence-electron chi connectivity index (χ1n) is 10.5. The summed E-state index contributed by atoms with van der Waals surface area (Å²) in [6, 6.07) is 8.62. The Balaban J connectivity index is 1.41. The predicted molar refractivity (Wildman–Crippen MR) is 125 cm³/mol. The van der Waals surface area contributed by atoms with Crippen molar-refractivity contribution in [2.24, 2.45) is 5.73 Å². The molecule has 9 nitrogen and oxygen atoms in total. The fourth-order valence-corrected chi connectivity index (χ4v) is 3.84. The van der Waals surface area contributed by atoms with Gasteiger partial charge >= 0.3 is 0 Å². The zero-order valence-electron chi connectivity index (χ0n) is 18.0. The molecule has 3 aromatic rings. The SMILES string of the molecule is N[C@H](CO)COc1cc(Cl)c(-c2nc(N3CCN(C(=O)c4cccc(Cl)c4)CC3)no2)cc1F. The Kier molecular flexibility index (Phi) is 7.52. The molecule has 0 bridgehead atoms. The lowest BCUT2D eigenvalue weighted by Gasteiger charge is -2.33. The number of hydrogen-bond donors (Lipinski definition) is 2. The van der Waals surface area contributed by atoms with Crippen LogP contribution < -0.4 is 15.4 Å². The van der Waals surface area contributed by atoms with Gasteiger partial charge in [-0.15, -0.1) is 0 Å². The molecular formula is C22H22Cl2FN5O4. The fraction of sp³-hybridized carbons (Fsp3) is 0.318. The van der Waals surface area contributed by atoms with Crippen molar-refractivity contribution in [3.63, 3.8) is 0 Å². The van der Waals surface area contributed by atoms with Gasteiger partial charge in [-0.2, -0.15) is 4.98 Å². The van der Waals surface area contributed by atoms with Crippen LogP contribution in [0.2, 0.25) is 10.0 Å². The van der Waals surface area contributed by atoms with Crippen molar-refractivity contribution in [2.45, 2.75) is 6.04 Å². The van der Waals surface area contributed by atoms with Gasteiger partial charge < -0.3 is 29.9 Å². The summed E-state index contributed by atoms with van der Waals surface area (Å²) < 4.78 is 25.1. The van der Waals surface area contributed by atoms with Gasteiger partial charge in [0.1, 0.15) is 6.61 Å². The number of anilines is 1. The van der Waals surface area contributed by atoms with E-state index in [1.54, 1.807) is 29.2 Å². The first-order chi connectivity index (χ1) is 16.4. The van der Waals surface area contributed by atoms with Crippen molar-refractivity contribution in [1.82, 2.24) is 15.0 Å². The Morgan fingerprint density at radius 2 is 2.00 bits per heavy atom. The van der Waals surface area contributed by atoms with E-state index >= 15 is 0 Å². The Labute approximate surface area is 204 Å². The maximum absolute atomic E-state index is 14.5. The highest BCUT2D eigenvalue weighted by molar-refractivity contribution is 6.33. The van der Waals surface area contributed by atoms with Crippen molar-refractivity contribution >= 4 is 35.1 Å². The second-order valence-corrected chi connectivity index (χ2v) is 8.55. The molecule has 2 heterocycles. The van der Waals surface area contributed by atoms with Gasteiger partial charge in [0.2, 0.25) is 0 Å². The van der Waals surface area contributed by atoms with Crippen LogP contribution in [0.15, 0.2) is 40.9 Å². The molecule has 1 aliphatic heterocycles. The summed E-state index contributed by atoms with van der Waals surface area (Å²) >= 11 is 12.3. The second kappa shape index (κ2) is 10.6. The smallest absolute Gasteiger partial charge is 0.266 e. The molecule has 1 fully saturated rings. The number of aromatic nitrogens is 2. The lowest BCUT2D eigenvalue weighted by atomic mass is 10.2. The van der Waals surface area contributed by atoms with E-state index in [-0.39, 0.29) is 41.3 Å². The Morgan fingerprint density at radius 3 is 2.71 bits per heavy atom. The normalized spacial score (nSPS) is 14.9. The van der Waals surface area contributed by atoms with E-state index in [9.17, 15) is 9.18 Å². The van der Waals surface area contributed by atoms with Gasteiger partial charge in [-0.1, -0.05) is 29.3 Å². The summed E-state index contributed by atoms with van der Waals surface area (Å²) in [5, 5.41) is 13.6. The third-order valence-corrected chi connectivity index (χ3v) is 5.82. The molecule has 1 atom stereocenters. The number of piperazine rings is 1. The summed E-state index contributed by atoms with van der Waals surface area (Å²) in [6.45, 7) is 1.55. The number of carbonyl (C=O) groups is 1. The molecule has 1 saturated heterocycles. The lowest BCUT2D eigenvalue weighted by Crippen LogP contribution is -2.49. The molecule has 180 valence electrons. The minimum Gasteiger partial charge on any atom is -0.489 e.